The number of alkyl halides is 3. The second-order valence-corrected chi connectivity index (χ2v) is 6.35. The molecule has 170 valence electrons. The molecule has 0 radical (unpaired) electrons. The fourth-order valence-corrected chi connectivity index (χ4v) is 2.79. The Morgan fingerprint density at radius 2 is 1.60 bits per heavy atom. The minimum absolute atomic E-state index is 0.211. The maximum atomic E-state index is 13.2. The summed E-state index contributed by atoms with van der Waals surface area (Å²) in [5.41, 5.74) is 1.67. The van der Waals surface area contributed by atoms with Gasteiger partial charge in [0.25, 0.3) is 0 Å². The van der Waals surface area contributed by atoms with Gasteiger partial charge in [-0.1, -0.05) is 18.2 Å². The van der Waals surface area contributed by atoms with Crippen molar-refractivity contribution in [2.45, 2.75) is 6.18 Å². The van der Waals surface area contributed by atoms with E-state index in [9.17, 15) is 17.6 Å². The fourth-order valence-electron chi connectivity index (χ4n) is 2.79. The van der Waals surface area contributed by atoms with Gasteiger partial charge in [0.15, 0.2) is 0 Å². The number of hydrogen-bond acceptors (Lipinski definition) is 6. The molecule has 1 aromatic carbocycles. The van der Waals surface area contributed by atoms with Gasteiger partial charge >= 0.3 is 12.1 Å². The summed E-state index contributed by atoms with van der Waals surface area (Å²) >= 11 is 0. The number of carboxylic acid groups (broad SMARTS) is 1. The number of ether oxygens (including phenoxy) is 4. The van der Waals surface area contributed by atoms with Crippen molar-refractivity contribution in [3.05, 3.63) is 41.7 Å². The summed E-state index contributed by atoms with van der Waals surface area (Å²) in [6.45, 7) is 2.74. The Morgan fingerprint density at radius 3 is 2.03 bits per heavy atom. The highest BCUT2D eigenvalue weighted by atomic mass is 19.4. The van der Waals surface area contributed by atoms with Crippen LogP contribution >= 0.6 is 0 Å². The average molecular weight is 439 g/mol. The maximum Gasteiger partial charge on any atom is 0.490 e. The monoisotopic (exact) mass is 439 g/mol. The van der Waals surface area contributed by atoms with Crippen molar-refractivity contribution in [2.75, 3.05) is 54.1 Å². The fraction of sp³-hybridized carbons (Fsp3) is 0.526. The summed E-state index contributed by atoms with van der Waals surface area (Å²) in [7, 11) is 3.17. The van der Waals surface area contributed by atoms with Gasteiger partial charge in [-0.25, -0.2) is 9.18 Å². The third kappa shape index (κ3) is 8.36. The molecule has 0 aromatic heterocycles. The molecule has 30 heavy (non-hydrogen) atoms. The van der Waals surface area contributed by atoms with Crippen LogP contribution in [-0.2, 0) is 23.7 Å². The standard InChI is InChI=1S/C17H24FNO4.C2HF3O2/c1-20-12-22-10-17(11-23-13-21-2)9-19-8-7-16(17)14-3-5-15(18)6-4-14;3-2(4,5)1(6)7/h3-7,19H,8-13H2,1-2H3;(H,6,7). The molecule has 0 saturated carbocycles. The van der Waals surface area contributed by atoms with E-state index in [0.717, 1.165) is 17.7 Å². The summed E-state index contributed by atoms with van der Waals surface area (Å²) in [4.78, 5) is 8.90. The third-order valence-electron chi connectivity index (χ3n) is 4.04. The number of benzene rings is 1. The third-order valence-corrected chi connectivity index (χ3v) is 4.04. The first-order chi connectivity index (χ1) is 14.2. The van der Waals surface area contributed by atoms with Gasteiger partial charge < -0.3 is 29.4 Å². The van der Waals surface area contributed by atoms with Crippen molar-refractivity contribution in [1.29, 1.82) is 0 Å². The van der Waals surface area contributed by atoms with E-state index in [-0.39, 0.29) is 24.8 Å². The van der Waals surface area contributed by atoms with E-state index in [1.165, 1.54) is 12.1 Å². The molecule has 0 saturated heterocycles. The van der Waals surface area contributed by atoms with Crippen LogP contribution in [0.2, 0.25) is 0 Å². The molecule has 0 amide bonds. The zero-order valence-corrected chi connectivity index (χ0v) is 16.6. The molecular formula is C19H25F4NO6. The van der Waals surface area contributed by atoms with E-state index in [1.807, 2.05) is 0 Å². The van der Waals surface area contributed by atoms with Crippen molar-refractivity contribution in [3.8, 4) is 0 Å². The van der Waals surface area contributed by atoms with Gasteiger partial charge in [0.1, 0.15) is 19.4 Å². The molecule has 1 aliphatic heterocycles. The molecule has 0 bridgehead atoms. The van der Waals surface area contributed by atoms with Crippen molar-refractivity contribution >= 4 is 11.5 Å². The van der Waals surface area contributed by atoms with Crippen molar-refractivity contribution in [3.63, 3.8) is 0 Å². The SMILES string of the molecule is COCOCC1(COCOC)CNCC=C1c1ccc(F)cc1.O=C(O)C(F)(F)F. The van der Waals surface area contributed by atoms with E-state index in [2.05, 4.69) is 11.4 Å². The molecule has 0 aliphatic carbocycles. The number of nitrogens with one attached hydrogen (secondary N) is 1. The van der Waals surface area contributed by atoms with Crippen LogP contribution in [0.3, 0.4) is 0 Å². The highest BCUT2D eigenvalue weighted by molar-refractivity contribution is 5.73. The van der Waals surface area contributed by atoms with Crippen molar-refractivity contribution in [1.82, 2.24) is 5.32 Å². The molecule has 0 spiro atoms. The van der Waals surface area contributed by atoms with Crippen LogP contribution in [0.4, 0.5) is 17.6 Å². The van der Waals surface area contributed by atoms with Crippen LogP contribution in [0.1, 0.15) is 5.56 Å². The summed E-state index contributed by atoms with van der Waals surface area (Å²) in [6.07, 6.45) is -2.98. The first-order valence-corrected chi connectivity index (χ1v) is 8.77. The summed E-state index contributed by atoms with van der Waals surface area (Å²) < 4.78 is 66.2. The predicted molar refractivity (Wildman–Crippen MR) is 99.0 cm³/mol. The second kappa shape index (κ2) is 12.6. The minimum Gasteiger partial charge on any atom is -0.475 e. The van der Waals surface area contributed by atoms with Gasteiger partial charge in [-0.15, -0.1) is 0 Å². The zero-order valence-electron chi connectivity index (χ0n) is 16.6. The van der Waals surface area contributed by atoms with Crippen LogP contribution in [0.25, 0.3) is 5.57 Å². The molecule has 1 heterocycles. The van der Waals surface area contributed by atoms with Gasteiger partial charge in [-0.2, -0.15) is 13.2 Å². The topological polar surface area (TPSA) is 86.3 Å². The summed E-state index contributed by atoms with van der Waals surface area (Å²) in [5.74, 6) is -3.01. The Hall–Kier alpha value is -2.05. The van der Waals surface area contributed by atoms with E-state index in [1.54, 1.807) is 26.4 Å². The number of halogens is 4. The first-order valence-electron chi connectivity index (χ1n) is 8.77. The molecule has 1 aliphatic rings. The first kappa shape index (κ1) is 26.0. The molecule has 2 N–H and O–H groups in total. The van der Waals surface area contributed by atoms with Crippen LogP contribution in [0.5, 0.6) is 0 Å². The number of methoxy groups -OCH3 is 2. The van der Waals surface area contributed by atoms with Crippen LogP contribution in [0, 0.1) is 11.2 Å². The lowest BCUT2D eigenvalue weighted by molar-refractivity contribution is -0.192. The van der Waals surface area contributed by atoms with E-state index >= 15 is 0 Å². The Bertz CT molecular complexity index is 669. The quantitative estimate of drug-likeness (QED) is 0.348. The Labute approximate surface area is 171 Å². The normalized spacial score (nSPS) is 15.7. The highest BCUT2D eigenvalue weighted by Gasteiger charge is 2.38. The van der Waals surface area contributed by atoms with E-state index < -0.39 is 12.1 Å². The number of carbonyl (C=O) groups is 1. The Balaban J connectivity index is 0.000000553. The van der Waals surface area contributed by atoms with Crippen LogP contribution in [-0.4, -0.2) is 71.4 Å². The smallest absolute Gasteiger partial charge is 0.475 e. The zero-order chi connectivity index (χ0) is 22.6. The maximum absolute atomic E-state index is 13.2. The number of hydrogen-bond donors (Lipinski definition) is 2. The van der Waals surface area contributed by atoms with Crippen molar-refractivity contribution in [2.24, 2.45) is 5.41 Å². The largest absolute Gasteiger partial charge is 0.490 e. The van der Waals surface area contributed by atoms with Gasteiger partial charge in [-0.3, -0.25) is 0 Å². The van der Waals surface area contributed by atoms with Crippen LogP contribution in [0.15, 0.2) is 30.3 Å². The second-order valence-electron chi connectivity index (χ2n) is 6.35. The number of aliphatic carboxylic acids is 1. The molecule has 0 atom stereocenters. The molecule has 11 heteroatoms. The van der Waals surface area contributed by atoms with E-state index in [4.69, 9.17) is 28.8 Å². The number of rotatable bonds is 9. The molecule has 2 rings (SSSR count). The van der Waals surface area contributed by atoms with E-state index in [0.29, 0.717) is 19.8 Å². The van der Waals surface area contributed by atoms with Crippen molar-refractivity contribution < 1.29 is 46.4 Å². The number of carboxylic acids is 1. The molecule has 0 unspecified atom stereocenters. The summed E-state index contributed by atoms with van der Waals surface area (Å²) in [6, 6.07) is 6.51. The lowest BCUT2D eigenvalue weighted by Gasteiger charge is -2.39. The lowest BCUT2D eigenvalue weighted by atomic mass is 9.76. The highest BCUT2D eigenvalue weighted by Crippen LogP contribution is 2.37. The average Bonchev–Trinajstić information content (AvgIpc) is 2.69. The van der Waals surface area contributed by atoms with Gasteiger partial charge in [0, 0.05) is 27.3 Å². The molecule has 1 aromatic rings. The van der Waals surface area contributed by atoms with Crippen LogP contribution < -0.4 is 5.32 Å². The molecule has 7 nitrogen and oxygen atoms in total. The molecular weight excluding hydrogens is 414 g/mol. The van der Waals surface area contributed by atoms with Gasteiger partial charge in [-0.05, 0) is 23.3 Å². The molecule has 0 fully saturated rings. The van der Waals surface area contributed by atoms with Gasteiger partial charge in [0.05, 0.1) is 18.6 Å². The predicted octanol–water partition coefficient (Wildman–Crippen LogP) is 2.67. The Morgan fingerprint density at radius 1 is 1.10 bits per heavy atom. The summed E-state index contributed by atoms with van der Waals surface area (Å²) in [5, 5.41) is 10.5. The lowest BCUT2D eigenvalue weighted by Crippen LogP contribution is -2.46. The van der Waals surface area contributed by atoms with Gasteiger partial charge in [0.2, 0.25) is 0 Å². The minimum atomic E-state index is -5.08. The Kier molecular flexibility index (Phi) is 10.9.